The number of carbonyl (C=O) groups is 5. The topological polar surface area (TPSA) is 273 Å². The van der Waals surface area contributed by atoms with E-state index in [1.807, 2.05) is 6.26 Å². The Bertz CT molecular complexity index is 748. The largest absolute Gasteiger partial charge is 0.481 e. The lowest BCUT2D eigenvalue weighted by Crippen LogP contribution is -2.58. The van der Waals surface area contributed by atoms with Gasteiger partial charge < -0.3 is 48.5 Å². The molecule has 0 aliphatic rings. The second-order valence-corrected chi connectivity index (χ2v) is 8.12. The van der Waals surface area contributed by atoms with E-state index in [9.17, 15) is 34.2 Å². The number of carboxylic acids is 2. The fraction of sp³-hybridized carbons (Fsp3) is 0.667. The van der Waals surface area contributed by atoms with E-state index in [2.05, 4.69) is 20.9 Å². The summed E-state index contributed by atoms with van der Waals surface area (Å²) in [6.45, 7) is -0.745. The van der Waals surface area contributed by atoms with Gasteiger partial charge in [-0.15, -0.1) is 0 Å². The maximum Gasteiger partial charge on any atom is 0.326 e. The number of hydrogen-bond donors (Lipinski definition) is 9. The maximum atomic E-state index is 12.5. The van der Waals surface area contributed by atoms with Crippen molar-refractivity contribution in [3.8, 4) is 0 Å². The highest BCUT2D eigenvalue weighted by molar-refractivity contribution is 7.98. The SMILES string of the molecule is CSCCC(N)C(=O)NC(CO)C(=O)NC(CC(=O)O)C(=O)NC(CCCN=C(N)N)C(=O)O. The standard InChI is InChI=1S/C18H33N7O8S/c1-34-6-4-9(19)14(29)25-12(8-26)16(31)24-11(7-13(27)28)15(30)23-10(17(32)33)3-2-5-22-18(20)21/h9-12,26H,2-8,19H2,1H3,(H,23,30)(H,24,31)(H,25,29)(H,27,28)(H,32,33)(H4,20,21,22). The van der Waals surface area contributed by atoms with Gasteiger partial charge in [0.1, 0.15) is 18.1 Å². The molecule has 0 bridgehead atoms. The summed E-state index contributed by atoms with van der Waals surface area (Å²) in [4.78, 5) is 63.4. The van der Waals surface area contributed by atoms with E-state index >= 15 is 0 Å². The smallest absolute Gasteiger partial charge is 0.326 e. The second kappa shape index (κ2) is 16.5. The van der Waals surface area contributed by atoms with Crippen molar-refractivity contribution in [2.45, 2.75) is 49.9 Å². The highest BCUT2D eigenvalue weighted by Crippen LogP contribution is 2.03. The number of nitrogens with one attached hydrogen (secondary N) is 3. The van der Waals surface area contributed by atoms with Crippen LogP contribution >= 0.6 is 11.8 Å². The van der Waals surface area contributed by atoms with Crippen LogP contribution in [0.3, 0.4) is 0 Å². The third-order valence-corrected chi connectivity index (χ3v) is 5.00. The van der Waals surface area contributed by atoms with E-state index in [0.29, 0.717) is 12.2 Å². The quantitative estimate of drug-likeness (QED) is 0.0519. The summed E-state index contributed by atoms with van der Waals surface area (Å²) in [5.74, 6) is -5.28. The van der Waals surface area contributed by atoms with E-state index in [1.165, 1.54) is 11.8 Å². The minimum absolute atomic E-state index is 0.0746. The van der Waals surface area contributed by atoms with Crippen molar-refractivity contribution in [1.29, 1.82) is 0 Å². The van der Waals surface area contributed by atoms with Crippen LogP contribution in [0.5, 0.6) is 0 Å². The van der Waals surface area contributed by atoms with Gasteiger partial charge in [-0.25, -0.2) is 4.79 Å². The number of amides is 3. The first-order chi connectivity index (χ1) is 15.9. The van der Waals surface area contributed by atoms with Gasteiger partial charge in [0.05, 0.1) is 19.1 Å². The zero-order chi connectivity index (χ0) is 26.3. The molecule has 0 saturated heterocycles. The van der Waals surface area contributed by atoms with Gasteiger partial charge in [-0.3, -0.25) is 24.2 Å². The number of guanidine groups is 1. The molecule has 0 heterocycles. The van der Waals surface area contributed by atoms with Crippen LogP contribution in [0.4, 0.5) is 0 Å². The van der Waals surface area contributed by atoms with Crippen LogP contribution < -0.4 is 33.2 Å². The Hall–Kier alpha value is -3.11. The molecule has 3 amide bonds. The van der Waals surface area contributed by atoms with Gasteiger partial charge in [0.2, 0.25) is 17.7 Å². The lowest BCUT2D eigenvalue weighted by molar-refractivity contribution is -0.143. The molecule has 4 atom stereocenters. The van der Waals surface area contributed by atoms with Crippen LogP contribution in [0.1, 0.15) is 25.7 Å². The minimum atomic E-state index is -1.68. The summed E-state index contributed by atoms with van der Waals surface area (Å²) >= 11 is 1.46. The average Bonchev–Trinajstić information content (AvgIpc) is 2.76. The van der Waals surface area contributed by atoms with E-state index in [4.69, 9.17) is 22.3 Å². The highest BCUT2D eigenvalue weighted by Gasteiger charge is 2.31. The lowest BCUT2D eigenvalue weighted by atomic mass is 10.1. The number of rotatable bonds is 17. The van der Waals surface area contributed by atoms with Crippen LogP contribution in [0.25, 0.3) is 0 Å². The van der Waals surface area contributed by atoms with Crippen LogP contribution in [-0.4, -0.2) is 100 Å². The molecule has 0 radical (unpaired) electrons. The molecular weight excluding hydrogens is 474 g/mol. The summed E-state index contributed by atoms with van der Waals surface area (Å²) < 4.78 is 0. The lowest BCUT2D eigenvalue weighted by Gasteiger charge is -2.23. The Morgan fingerprint density at radius 2 is 1.47 bits per heavy atom. The summed E-state index contributed by atoms with van der Waals surface area (Å²) in [6, 6.07) is -5.53. The summed E-state index contributed by atoms with van der Waals surface area (Å²) in [7, 11) is 0. The molecule has 0 aromatic rings. The highest BCUT2D eigenvalue weighted by atomic mass is 32.2. The number of carboxylic acid groups (broad SMARTS) is 2. The molecule has 0 aromatic heterocycles. The second-order valence-electron chi connectivity index (χ2n) is 7.14. The maximum absolute atomic E-state index is 12.5. The number of thioether (sulfide) groups is 1. The molecule has 0 aliphatic carbocycles. The molecule has 0 fully saturated rings. The van der Waals surface area contributed by atoms with E-state index in [1.54, 1.807) is 0 Å². The molecular formula is C18H33N7O8S. The summed E-state index contributed by atoms with van der Waals surface area (Å²) in [5, 5.41) is 34.4. The monoisotopic (exact) mass is 507 g/mol. The first kappa shape index (κ1) is 30.9. The normalized spacial score (nSPS) is 14.1. The number of aliphatic hydroxyl groups is 1. The predicted octanol–water partition coefficient (Wildman–Crippen LogP) is -3.87. The molecule has 0 rings (SSSR count). The van der Waals surface area contributed by atoms with Crippen molar-refractivity contribution in [3.05, 3.63) is 0 Å². The van der Waals surface area contributed by atoms with Gasteiger partial charge in [-0.1, -0.05) is 0 Å². The molecule has 4 unspecified atom stereocenters. The molecule has 0 saturated carbocycles. The molecule has 194 valence electrons. The van der Waals surface area contributed by atoms with Gasteiger partial charge in [-0.2, -0.15) is 11.8 Å². The Balaban J connectivity index is 5.22. The van der Waals surface area contributed by atoms with Crippen molar-refractivity contribution < 1.29 is 39.3 Å². The number of aliphatic hydroxyl groups excluding tert-OH is 1. The number of aliphatic carboxylic acids is 2. The Morgan fingerprint density at radius 3 is 1.97 bits per heavy atom. The van der Waals surface area contributed by atoms with Gasteiger partial charge >= 0.3 is 11.9 Å². The number of aliphatic imine (C=N–C) groups is 1. The molecule has 12 N–H and O–H groups in total. The first-order valence-corrected chi connectivity index (χ1v) is 11.6. The van der Waals surface area contributed by atoms with Crippen molar-refractivity contribution in [1.82, 2.24) is 16.0 Å². The van der Waals surface area contributed by atoms with E-state index < -0.39 is 66.9 Å². The van der Waals surface area contributed by atoms with Crippen LogP contribution in [0.15, 0.2) is 4.99 Å². The number of nitrogens with two attached hydrogens (primary N) is 3. The Labute approximate surface area is 200 Å². The fourth-order valence-electron chi connectivity index (χ4n) is 2.54. The average molecular weight is 508 g/mol. The summed E-state index contributed by atoms with van der Waals surface area (Å²) in [5.41, 5.74) is 16.1. The minimum Gasteiger partial charge on any atom is -0.481 e. The molecule has 0 aliphatic heterocycles. The van der Waals surface area contributed by atoms with Crippen molar-refractivity contribution in [3.63, 3.8) is 0 Å². The van der Waals surface area contributed by atoms with Gasteiger partial charge in [0.15, 0.2) is 5.96 Å². The zero-order valence-corrected chi connectivity index (χ0v) is 19.5. The van der Waals surface area contributed by atoms with Crippen LogP contribution in [-0.2, 0) is 24.0 Å². The zero-order valence-electron chi connectivity index (χ0n) is 18.7. The first-order valence-electron chi connectivity index (χ1n) is 10.2. The number of nitrogens with zero attached hydrogens (tertiary/aromatic N) is 1. The predicted molar refractivity (Wildman–Crippen MR) is 124 cm³/mol. The van der Waals surface area contributed by atoms with E-state index in [0.717, 1.165) is 0 Å². The van der Waals surface area contributed by atoms with Crippen molar-refractivity contribution >= 4 is 47.4 Å². The van der Waals surface area contributed by atoms with E-state index in [-0.39, 0.29) is 25.3 Å². The van der Waals surface area contributed by atoms with Crippen molar-refractivity contribution in [2.24, 2.45) is 22.2 Å². The third-order valence-electron chi connectivity index (χ3n) is 4.36. The molecule has 0 spiro atoms. The molecule has 34 heavy (non-hydrogen) atoms. The summed E-state index contributed by atoms with van der Waals surface area (Å²) in [6.07, 6.45) is 1.38. The number of carbonyl (C=O) groups excluding carboxylic acids is 3. The molecule has 15 nitrogen and oxygen atoms in total. The van der Waals surface area contributed by atoms with Gasteiger partial charge in [0.25, 0.3) is 0 Å². The molecule has 16 heteroatoms. The Morgan fingerprint density at radius 1 is 0.912 bits per heavy atom. The number of hydrogen-bond acceptors (Lipinski definition) is 9. The third kappa shape index (κ3) is 12.8. The van der Waals surface area contributed by atoms with Gasteiger partial charge in [-0.05, 0) is 31.3 Å². The van der Waals surface area contributed by atoms with Crippen molar-refractivity contribution in [2.75, 3.05) is 25.2 Å². The van der Waals surface area contributed by atoms with Crippen LogP contribution in [0, 0.1) is 0 Å². The Kier molecular flexibility index (Phi) is 15.0. The van der Waals surface area contributed by atoms with Gasteiger partial charge in [0, 0.05) is 6.54 Å². The molecule has 0 aromatic carbocycles. The van der Waals surface area contributed by atoms with Crippen LogP contribution in [0.2, 0.25) is 0 Å². The fourth-order valence-corrected chi connectivity index (χ4v) is 3.03.